The number of H-pyrrole nitrogens is 1. The van der Waals surface area contributed by atoms with Crippen LogP contribution >= 0.6 is 0 Å². The molecule has 1 aliphatic rings. The van der Waals surface area contributed by atoms with Crippen LogP contribution in [0, 0.1) is 11.8 Å². The van der Waals surface area contributed by atoms with E-state index in [4.69, 9.17) is 4.74 Å². The van der Waals surface area contributed by atoms with Gasteiger partial charge in [0.1, 0.15) is 17.1 Å². The van der Waals surface area contributed by atoms with Crippen LogP contribution < -0.4 is 10.1 Å². The molecule has 3 N–H and O–H groups in total. The van der Waals surface area contributed by atoms with Crippen LogP contribution in [0.4, 0.5) is 10.5 Å². The van der Waals surface area contributed by atoms with Gasteiger partial charge in [0, 0.05) is 31.6 Å². The fourth-order valence-corrected chi connectivity index (χ4v) is 4.28. The minimum atomic E-state index is -0.816. The summed E-state index contributed by atoms with van der Waals surface area (Å²) in [5.41, 5.74) is 2.36. The van der Waals surface area contributed by atoms with E-state index in [1.165, 1.54) is 0 Å². The quantitative estimate of drug-likeness (QED) is 0.561. The normalized spacial score (nSPS) is 18.7. The molecule has 1 aromatic heterocycles. The van der Waals surface area contributed by atoms with E-state index in [1.807, 2.05) is 48.5 Å². The zero-order valence-electron chi connectivity index (χ0n) is 17.4. The molecule has 2 amide bonds. The third-order valence-corrected chi connectivity index (χ3v) is 5.84. The number of carboxylic acids is 1. The average molecular weight is 422 g/mol. The van der Waals surface area contributed by atoms with Crippen LogP contribution in [0.25, 0.3) is 11.0 Å². The second-order valence-electron chi connectivity index (χ2n) is 7.89. The number of anilines is 1. The van der Waals surface area contributed by atoms with Gasteiger partial charge in [-0.25, -0.2) is 9.78 Å². The van der Waals surface area contributed by atoms with Crippen molar-refractivity contribution in [3.05, 3.63) is 54.4 Å². The number of benzene rings is 2. The van der Waals surface area contributed by atoms with E-state index < -0.39 is 5.97 Å². The summed E-state index contributed by atoms with van der Waals surface area (Å²) in [6.07, 6.45) is 1.29. The number of piperidine rings is 1. The van der Waals surface area contributed by atoms with Gasteiger partial charge in [0.25, 0.3) is 0 Å². The molecule has 8 nitrogen and oxygen atoms in total. The van der Waals surface area contributed by atoms with Crippen molar-refractivity contribution in [1.29, 1.82) is 0 Å². The van der Waals surface area contributed by atoms with Crippen LogP contribution in [0.5, 0.6) is 5.75 Å². The first-order valence-corrected chi connectivity index (χ1v) is 10.4. The summed E-state index contributed by atoms with van der Waals surface area (Å²) in [7, 11) is 1.61. The molecule has 3 aromatic rings. The molecular formula is C23H26N4O4. The number of aromatic nitrogens is 2. The SMILES string of the molecule is COc1cccc2[nH]c(CC3CN(C(=O)Nc4ccccc4)CCC3CC(=O)O)nc12. The number of ether oxygens (including phenoxy) is 1. The van der Waals surface area contributed by atoms with E-state index in [0.717, 1.165) is 22.5 Å². The number of rotatable bonds is 6. The van der Waals surface area contributed by atoms with E-state index in [1.54, 1.807) is 12.0 Å². The van der Waals surface area contributed by atoms with Gasteiger partial charge in [-0.3, -0.25) is 4.79 Å². The first kappa shape index (κ1) is 20.7. The molecular weight excluding hydrogens is 396 g/mol. The number of hydrogen-bond acceptors (Lipinski definition) is 4. The lowest BCUT2D eigenvalue weighted by Crippen LogP contribution is -2.46. The van der Waals surface area contributed by atoms with Crippen molar-refractivity contribution >= 4 is 28.7 Å². The van der Waals surface area contributed by atoms with E-state index in [9.17, 15) is 14.7 Å². The number of likely N-dealkylation sites (tertiary alicyclic amines) is 1. The molecule has 0 spiro atoms. The number of aromatic amines is 1. The zero-order chi connectivity index (χ0) is 21.8. The minimum Gasteiger partial charge on any atom is -0.494 e. The van der Waals surface area contributed by atoms with Gasteiger partial charge < -0.3 is 25.0 Å². The number of nitrogens with zero attached hydrogens (tertiary/aromatic N) is 2. The Morgan fingerprint density at radius 2 is 2.00 bits per heavy atom. The maximum atomic E-state index is 12.8. The Morgan fingerprint density at radius 3 is 2.74 bits per heavy atom. The number of amides is 2. The number of nitrogens with one attached hydrogen (secondary N) is 2. The molecule has 4 rings (SSSR count). The maximum absolute atomic E-state index is 12.8. The first-order chi connectivity index (χ1) is 15.0. The molecule has 1 saturated heterocycles. The number of aliphatic carboxylic acids is 1. The number of methoxy groups -OCH3 is 1. The Bertz CT molecular complexity index is 1070. The van der Waals surface area contributed by atoms with Crippen LogP contribution in [0.2, 0.25) is 0 Å². The molecule has 2 heterocycles. The van der Waals surface area contributed by atoms with Gasteiger partial charge in [0.05, 0.1) is 12.6 Å². The van der Waals surface area contributed by atoms with E-state index >= 15 is 0 Å². The molecule has 1 fully saturated rings. The van der Waals surface area contributed by atoms with Crippen molar-refractivity contribution in [2.24, 2.45) is 11.8 Å². The topological polar surface area (TPSA) is 108 Å². The van der Waals surface area contributed by atoms with Gasteiger partial charge in [-0.05, 0) is 42.5 Å². The molecule has 1 aliphatic heterocycles. The second-order valence-corrected chi connectivity index (χ2v) is 7.89. The number of para-hydroxylation sites is 2. The van der Waals surface area contributed by atoms with Crippen LogP contribution in [0.1, 0.15) is 18.7 Å². The second kappa shape index (κ2) is 9.07. The lowest BCUT2D eigenvalue weighted by atomic mass is 9.81. The van der Waals surface area contributed by atoms with Crippen LogP contribution in [0.15, 0.2) is 48.5 Å². The van der Waals surface area contributed by atoms with Crippen molar-refractivity contribution < 1.29 is 19.4 Å². The molecule has 2 atom stereocenters. The molecule has 0 saturated carbocycles. The molecule has 2 aromatic carbocycles. The van der Waals surface area contributed by atoms with Crippen molar-refractivity contribution in [3.63, 3.8) is 0 Å². The Hall–Kier alpha value is -3.55. The molecule has 0 bridgehead atoms. The number of hydrogen-bond donors (Lipinski definition) is 3. The number of carbonyl (C=O) groups is 2. The monoisotopic (exact) mass is 422 g/mol. The molecule has 162 valence electrons. The van der Waals surface area contributed by atoms with Crippen molar-refractivity contribution in [3.8, 4) is 5.75 Å². The number of carboxylic acid groups (broad SMARTS) is 1. The van der Waals surface area contributed by atoms with Crippen LogP contribution in [-0.2, 0) is 11.2 Å². The van der Waals surface area contributed by atoms with Gasteiger partial charge in [0.2, 0.25) is 0 Å². The predicted molar refractivity (Wildman–Crippen MR) is 117 cm³/mol. The standard InChI is InChI=1S/C23H26N4O4/c1-31-19-9-5-8-18-22(19)26-20(25-18)12-16-14-27(11-10-15(16)13-21(28)29)23(30)24-17-6-3-2-4-7-17/h2-9,15-16H,10-14H2,1H3,(H,24,30)(H,25,26)(H,28,29). The number of fused-ring (bicyclic) bond motifs is 1. The summed E-state index contributed by atoms with van der Waals surface area (Å²) in [5, 5.41) is 12.3. The smallest absolute Gasteiger partial charge is 0.321 e. The highest BCUT2D eigenvalue weighted by molar-refractivity contribution is 5.89. The molecule has 8 heteroatoms. The lowest BCUT2D eigenvalue weighted by molar-refractivity contribution is -0.139. The number of imidazole rings is 1. The van der Waals surface area contributed by atoms with Crippen molar-refractivity contribution in [1.82, 2.24) is 14.9 Å². The van der Waals surface area contributed by atoms with Gasteiger partial charge in [0.15, 0.2) is 0 Å². The summed E-state index contributed by atoms with van der Waals surface area (Å²) in [5.74, 6) is 0.606. The van der Waals surface area contributed by atoms with Crippen molar-refractivity contribution in [2.45, 2.75) is 19.3 Å². The van der Waals surface area contributed by atoms with E-state index in [-0.39, 0.29) is 24.3 Å². The summed E-state index contributed by atoms with van der Waals surface area (Å²) in [4.78, 5) is 34.0. The third-order valence-electron chi connectivity index (χ3n) is 5.84. The highest BCUT2D eigenvalue weighted by Gasteiger charge is 2.33. The van der Waals surface area contributed by atoms with Crippen molar-refractivity contribution in [2.75, 3.05) is 25.5 Å². The summed E-state index contributed by atoms with van der Waals surface area (Å²) in [6.45, 7) is 1.01. The maximum Gasteiger partial charge on any atom is 0.321 e. The Labute approximate surface area is 180 Å². The summed E-state index contributed by atoms with van der Waals surface area (Å²) >= 11 is 0. The fraction of sp³-hybridized carbons (Fsp3) is 0.348. The highest BCUT2D eigenvalue weighted by atomic mass is 16.5. The van der Waals surface area contributed by atoms with Gasteiger partial charge in [-0.1, -0.05) is 24.3 Å². The Kier molecular flexibility index (Phi) is 6.06. The summed E-state index contributed by atoms with van der Waals surface area (Å²) < 4.78 is 5.39. The number of urea groups is 1. The van der Waals surface area contributed by atoms with Gasteiger partial charge in [-0.15, -0.1) is 0 Å². The fourth-order valence-electron chi connectivity index (χ4n) is 4.28. The van der Waals surface area contributed by atoms with Crippen LogP contribution in [-0.4, -0.2) is 52.2 Å². The molecule has 2 unspecified atom stereocenters. The third kappa shape index (κ3) is 4.79. The Morgan fingerprint density at radius 1 is 1.19 bits per heavy atom. The number of carbonyl (C=O) groups excluding carboxylic acids is 1. The largest absolute Gasteiger partial charge is 0.494 e. The first-order valence-electron chi connectivity index (χ1n) is 10.4. The Balaban J connectivity index is 1.51. The van der Waals surface area contributed by atoms with E-state index in [0.29, 0.717) is 31.7 Å². The summed E-state index contributed by atoms with van der Waals surface area (Å²) in [6, 6.07) is 14.8. The molecule has 31 heavy (non-hydrogen) atoms. The molecule has 0 aliphatic carbocycles. The van der Waals surface area contributed by atoms with Gasteiger partial charge >= 0.3 is 12.0 Å². The van der Waals surface area contributed by atoms with Gasteiger partial charge in [-0.2, -0.15) is 0 Å². The average Bonchev–Trinajstić information content (AvgIpc) is 3.18. The van der Waals surface area contributed by atoms with Crippen LogP contribution in [0.3, 0.4) is 0 Å². The highest BCUT2D eigenvalue weighted by Crippen LogP contribution is 2.31. The molecule has 0 radical (unpaired) electrons. The lowest BCUT2D eigenvalue weighted by Gasteiger charge is -2.37. The minimum absolute atomic E-state index is 0.0158. The van der Waals surface area contributed by atoms with E-state index in [2.05, 4.69) is 15.3 Å². The predicted octanol–water partition coefficient (Wildman–Crippen LogP) is 3.76. The zero-order valence-corrected chi connectivity index (χ0v) is 17.4.